The highest BCUT2D eigenvalue weighted by Crippen LogP contribution is 2.21. The summed E-state index contributed by atoms with van der Waals surface area (Å²) in [5.74, 6) is 1.02. The van der Waals surface area contributed by atoms with Crippen molar-refractivity contribution in [2.24, 2.45) is 4.99 Å². The van der Waals surface area contributed by atoms with Gasteiger partial charge in [-0.15, -0.1) is 24.0 Å². The molecule has 1 heterocycles. The van der Waals surface area contributed by atoms with Crippen LogP contribution in [0.1, 0.15) is 36.5 Å². The molecule has 1 aliphatic heterocycles. The number of amides is 1. The normalized spacial score (nSPS) is 14.0. The molecule has 1 saturated heterocycles. The average molecular weight is 492 g/mol. The molecule has 150 valence electrons. The fourth-order valence-electron chi connectivity index (χ4n) is 3.22. The van der Waals surface area contributed by atoms with Gasteiger partial charge >= 0.3 is 0 Å². The summed E-state index contributed by atoms with van der Waals surface area (Å²) in [7, 11) is 0. The van der Waals surface area contributed by atoms with Crippen LogP contribution in [-0.4, -0.2) is 25.0 Å². The largest absolute Gasteiger partial charge is 0.357 e. The molecular formula is C22H29IN4O. The van der Waals surface area contributed by atoms with Crippen LogP contribution in [0.25, 0.3) is 0 Å². The summed E-state index contributed by atoms with van der Waals surface area (Å²) >= 11 is 0. The maximum absolute atomic E-state index is 11.8. The zero-order valence-corrected chi connectivity index (χ0v) is 18.9. The second kappa shape index (κ2) is 11.0. The van der Waals surface area contributed by atoms with Crippen molar-refractivity contribution in [2.45, 2.75) is 39.8 Å². The number of halogens is 1. The first-order chi connectivity index (χ1) is 13.2. The van der Waals surface area contributed by atoms with Crippen molar-refractivity contribution in [1.82, 2.24) is 10.6 Å². The number of anilines is 1. The van der Waals surface area contributed by atoms with Crippen molar-refractivity contribution < 1.29 is 4.79 Å². The van der Waals surface area contributed by atoms with Crippen LogP contribution in [0.3, 0.4) is 0 Å². The van der Waals surface area contributed by atoms with E-state index in [2.05, 4.69) is 65.9 Å². The van der Waals surface area contributed by atoms with E-state index in [-0.39, 0.29) is 29.9 Å². The molecule has 2 N–H and O–H groups in total. The van der Waals surface area contributed by atoms with E-state index >= 15 is 0 Å². The van der Waals surface area contributed by atoms with Crippen LogP contribution < -0.4 is 15.5 Å². The van der Waals surface area contributed by atoms with E-state index in [1.807, 2.05) is 17.0 Å². The number of hydrogen-bond donors (Lipinski definition) is 2. The molecule has 0 spiro atoms. The van der Waals surface area contributed by atoms with Gasteiger partial charge in [-0.25, -0.2) is 4.99 Å². The Bertz CT molecular complexity index is 804. The minimum Gasteiger partial charge on any atom is -0.357 e. The Morgan fingerprint density at radius 1 is 1.11 bits per heavy atom. The Morgan fingerprint density at radius 3 is 2.54 bits per heavy atom. The quantitative estimate of drug-likeness (QED) is 0.364. The first-order valence-electron chi connectivity index (χ1n) is 9.63. The molecule has 1 fully saturated rings. The van der Waals surface area contributed by atoms with Crippen LogP contribution >= 0.6 is 24.0 Å². The van der Waals surface area contributed by atoms with Gasteiger partial charge in [0.15, 0.2) is 5.96 Å². The monoisotopic (exact) mass is 492 g/mol. The summed E-state index contributed by atoms with van der Waals surface area (Å²) < 4.78 is 0. The van der Waals surface area contributed by atoms with Crippen molar-refractivity contribution in [3.05, 3.63) is 65.2 Å². The predicted octanol–water partition coefficient (Wildman–Crippen LogP) is 4.00. The van der Waals surface area contributed by atoms with Crippen LogP contribution in [0.5, 0.6) is 0 Å². The van der Waals surface area contributed by atoms with Crippen LogP contribution in [0.2, 0.25) is 0 Å². The number of benzene rings is 2. The molecule has 0 atom stereocenters. The molecule has 28 heavy (non-hydrogen) atoms. The highest BCUT2D eigenvalue weighted by Gasteiger charge is 2.21. The molecule has 0 aliphatic carbocycles. The van der Waals surface area contributed by atoms with Crippen molar-refractivity contribution in [3.63, 3.8) is 0 Å². The maximum atomic E-state index is 11.8. The van der Waals surface area contributed by atoms with Crippen molar-refractivity contribution in [2.75, 3.05) is 18.0 Å². The Labute approximate surface area is 184 Å². The summed E-state index contributed by atoms with van der Waals surface area (Å²) in [6, 6.07) is 16.6. The van der Waals surface area contributed by atoms with Crippen molar-refractivity contribution in [3.8, 4) is 0 Å². The van der Waals surface area contributed by atoms with Crippen LogP contribution in [0, 0.1) is 6.92 Å². The van der Waals surface area contributed by atoms with Gasteiger partial charge in [0.1, 0.15) is 0 Å². The lowest BCUT2D eigenvalue weighted by molar-refractivity contribution is -0.117. The lowest BCUT2D eigenvalue weighted by Crippen LogP contribution is -2.36. The minimum atomic E-state index is 0. The third kappa shape index (κ3) is 6.22. The van der Waals surface area contributed by atoms with Gasteiger partial charge in [-0.1, -0.05) is 42.0 Å². The smallest absolute Gasteiger partial charge is 0.227 e. The molecule has 2 aromatic rings. The number of rotatable bonds is 6. The van der Waals surface area contributed by atoms with Gasteiger partial charge in [-0.05, 0) is 43.5 Å². The Kier molecular flexibility index (Phi) is 8.76. The van der Waals surface area contributed by atoms with Gasteiger partial charge in [0.25, 0.3) is 0 Å². The molecule has 0 saturated carbocycles. The van der Waals surface area contributed by atoms with E-state index < -0.39 is 0 Å². The first kappa shape index (κ1) is 22.2. The number of carbonyl (C=O) groups is 1. The standard InChI is InChI=1S/C22H28N4O.HI/c1-3-23-22(25-16-19-7-4-6-17(2)14-19)24-15-18-9-11-20(12-10-18)26-13-5-8-21(26)27;/h4,6-7,9-12,14H,3,5,8,13,15-16H2,1-2H3,(H2,23,24,25);1H. The third-order valence-electron chi connectivity index (χ3n) is 4.63. The molecule has 3 rings (SSSR count). The summed E-state index contributed by atoms with van der Waals surface area (Å²) in [6.07, 6.45) is 1.61. The number of nitrogens with zero attached hydrogens (tertiary/aromatic N) is 2. The zero-order chi connectivity index (χ0) is 19.1. The molecule has 2 aromatic carbocycles. The highest BCUT2D eigenvalue weighted by atomic mass is 127. The number of aryl methyl sites for hydroxylation is 1. The predicted molar refractivity (Wildman–Crippen MR) is 126 cm³/mol. The minimum absolute atomic E-state index is 0. The molecular weight excluding hydrogens is 463 g/mol. The van der Waals surface area contributed by atoms with Gasteiger partial charge in [0.05, 0.1) is 6.54 Å². The van der Waals surface area contributed by atoms with Crippen LogP contribution in [0.4, 0.5) is 5.69 Å². The number of carbonyl (C=O) groups excluding carboxylic acids is 1. The molecule has 0 unspecified atom stereocenters. The van der Waals surface area contributed by atoms with Gasteiger partial charge in [0.2, 0.25) is 5.91 Å². The second-order valence-electron chi connectivity index (χ2n) is 6.85. The van der Waals surface area contributed by atoms with Crippen LogP contribution in [-0.2, 0) is 17.9 Å². The van der Waals surface area contributed by atoms with Gasteiger partial charge < -0.3 is 15.5 Å². The lowest BCUT2D eigenvalue weighted by atomic mass is 10.1. The van der Waals surface area contributed by atoms with E-state index in [0.717, 1.165) is 36.7 Å². The molecule has 5 nitrogen and oxygen atoms in total. The van der Waals surface area contributed by atoms with Gasteiger partial charge in [-0.3, -0.25) is 4.79 Å². The number of aliphatic imine (C=N–C) groups is 1. The number of nitrogens with one attached hydrogen (secondary N) is 2. The third-order valence-corrected chi connectivity index (χ3v) is 4.63. The van der Waals surface area contributed by atoms with Gasteiger partial charge in [-0.2, -0.15) is 0 Å². The molecule has 0 bridgehead atoms. The molecule has 0 radical (unpaired) electrons. The van der Waals surface area contributed by atoms with Crippen molar-refractivity contribution in [1.29, 1.82) is 0 Å². The topological polar surface area (TPSA) is 56.7 Å². The van der Waals surface area contributed by atoms with E-state index in [0.29, 0.717) is 19.5 Å². The Hall–Kier alpha value is -2.09. The zero-order valence-electron chi connectivity index (χ0n) is 16.6. The first-order valence-corrected chi connectivity index (χ1v) is 9.63. The van der Waals surface area contributed by atoms with E-state index in [4.69, 9.17) is 0 Å². The average Bonchev–Trinajstić information content (AvgIpc) is 3.10. The summed E-state index contributed by atoms with van der Waals surface area (Å²) in [4.78, 5) is 18.4. The van der Waals surface area contributed by atoms with Gasteiger partial charge in [0, 0.05) is 31.7 Å². The fourth-order valence-corrected chi connectivity index (χ4v) is 3.22. The molecule has 1 aliphatic rings. The van der Waals surface area contributed by atoms with E-state index in [1.54, 1.807) is 0 Å². The highest BCUT2D eigenvalue weighted by molar-refractivity contribution is 14.0. The molecule has 0 aromatic heterocycles. The van der Waals surface area contributed by atoms with Crippen LogP contribution in [0.15, 0.2) is 53.5 Å². The number of hydrogen-bond acceptors (Lipinski definition) is 2. The lowest BCUT2D eigenvalue weighted by Gasteiger charge is -2.16. The van der Waals surface area contributed by atoms with E-state index in [1.165, 1.54) is 11.1 Å². The Morgan fingerprint density at radius 2 is 1.89 bits per heavy atom. The fraction of sp³-hybridized carbons (Fsp3) is 0.364. The Balaban J connectivity index is 0.00000280. The van der Waals surface area contributed by atoms with Crippen molar-refractivity contribution >= 4 is 41.5 Å². The molecule has 6 heteroatoms. The summed E-state index contributed by atoms with van der Waals surface area (Å²) in [5, 5.41) is 6.66. The summed E-state index contributed by atoms with van der Waals surface area (Å²) in [5.41, 5.74) is 4.59. The number of guanidine groups is 1. The SMILES string of the molecule is CCNC(=NCc1cccc(C)c1)NCc1ccc(N2CCCC2=O)cc1.I. The van der Waals surface area contributed by atoms with E-state index in [9.17, 15) is 4.79 Å². The second-order valence-corrected chi connectivity index (χ2v) is 6.85. The summed E-state index contributed by atoms with van der Waals surface area (Å²) in [6.45, 7) is 7.13. The maximum Gasteiger partial charge on any atom is 0.227 e. The molecule has 1 amide bonds.